The molecule has 5 heteroatoms. The van der Waals surface area contributed by atoms with Crippen LogP contribution in [-0.2, 0) is 6.18 Å². The average molecular weight is 290 g/mol. The maximum absolute atomic E-state index is 12.5. The quantitative estimate of drug-likeness (QED) is 0.704. The zero-order valence-electron chi connectivity index (χ0n) is 8.27. The molecule has 0 atom stereocenters. The molecule has 0 saturated heterocycles. The predicted molar refractivity (Wildman–Crippen MR) is 59.2 cm³/mol. The molecule has 2 rings (SSSR count). The van der Waals surface area contributed by atoms with Crippen molar-refractivity contribution in [3.05, 3.63) is 40.0 Å². The number of fused-ring (bicyclic) bond motifs is 1. The van der Waals surface area contributed by atoms with Gasteiger partial charge in [-0.15, -0.1) is 0 Å². The number of halogens is 4. The first-order valence-electron chi connectivity index (χ1n) is 4.52. The Balaban J connectivity index is 2.71. The van der Waals surface area contributed by atoms with Crippen molar-refractivity contribution >= 4 is 26.8 Å². The van der Waals surface area contributed by atoms with Gasteiger partial charge in [0.1, 0.15) is 0 Å². The number of benzene rings is 1. The van der Waals surface area contributed by atoms with E-state index in [2.05, 4.69) is 20.9 Å². The number of alkyl halides is 3. The van der Waals surface area contributed by atoms with E-state index < -0.39 is 11.7 Å². The van der Waals surface area contributed by atoms with E-state index in [-0.39, 0.29) is 0 Å². The van der Waals surface area contributed by atoms with Crippen molar-refractivity contribution in [3.63, 3.8) is 0 Å². The van der Waals surface area contributed by atoms with Gasteiger partial charge in [0.2, 0.25) is 0 Å². The van der Waals surface area contributed by atoms with Gasteiger partial charge in [-0.2, -0.15) is 13.2 Å². The van der Waals surface area contributed by atoms with E-state index in [4.69, 9.17) is 0 Å². The second-order valence-electron chi connectivity index (χ2n) is 3.48. The minimum Gasteiger partial charge on any atom is -0.253 e. The topological polar surface area (TPSA) is 12.9 Å². The fraction of sp³-hybridized carbons (Fsp3) is 0.182. The molecule has 1 aromatic heterocycles. The third-order valence-corrected chi connectivity index (χ3v) is 2.87. The SMILES string of the molecule is Cc1cc(Br)c2ccc(C(F)(F)F)cc2n1. The Labute approximate surface area is 98.4 Å². The van der Waals surface area contributed by atoms with Crippen molar-refractivity contribution in [1.82, 2.24) is 4.98 Å². The Kier molecular flexibility index (Phi) is 2.66. The lowest BCUT2D eigenvalue weighted by atomic mass is 10.1. The first-order chi connectivity index (χ1) is 7.38. The molecule has 84 valence electrons. The van der Waals surface area contributed by atoms with Crippen LogP contribution in [0.25, 0.3) is 10.9 Å². The van der Waals surface area contributed by atoms with E-state index in [1.165, 1.54) is 6.07 Å². The van der Waals surface area contributed by atoms with Crippen LogP contribution in [0.15, 0.2) is 28.7 Å². The van der Waals surface area contributed by atoms with Gasteiger partial charge in [0, 0.05) is 15.6 Å². The molecule has 0 unspecified atom stereocenters. The minimum absolute atomic E-state index is 0.349. The summed E-state index contributed by atoms with van der Waals surface area (Å²) in [6.07, 6.45) is -4.33. The Morgan fingerprint density at radius 2 is 1.88 bits per heavy atom. The standard InChI is InChI=1S/C11H7BrF3N/c1-6-4-9(12)8-3-2-7(11(13,14)15)5-10(8)16-6/h2-5H,1H3. The molecule has 0 aliphatic carbocycles. The summed E-state index contributed by atoms with van der Waals surface area (Å²) in [5.74, 6) is 0. The highest BCUT2D eigenvalue weighted by Crippen LogP contribution is 2.32. The van der Waals surface area contributed by atoms with E-state index in [1.807, 2.05) is 0 Å². The maximum atomic E-state index is 12.5. The Bertz CT molecular complexity index is 549. The number of hydrogen-bond donors (Lipinski definition) is 0. The van der Waals surface area contributed by atoms with E-state index in [0.29, 0.717) is 16.6 Å². The van der Waals surface area contributed by atoms with Crippen LogP contribution in [0.3, 0.4) is 0 Å². The Morgan fingerprint density at radius 1 is 1.19 bits per heavy atom. The molecule has 2 aromatic rings. The number of nitrogens with zero attached hydrogens (tertiary/aromatic N) is 1. The van der Waals surface area contributed by atoms with Gasteiger partial charge in [0.05, 0.1) is 11.1 Å². The molecule has 1 aromatic carbocycles. The Hall–Kier alpha value is -1.10. The number of aromatic nitrogens is 1. The second-order valence-corrected chi connectivity index (χ2v) is 4.33. The zero-order chi connectivity index (χ0) is 11.9. The largest absolute Gasteiger partial charge is 0.416 e. The highest BCUT2D eigenvalue weighted by Gasteiger charge is 2.30. The fourth-order valence-corrected chi connectivity index (χ4v) is 2.15. The second kappa shape index (κ2) is 3.73. The van der Waals surface area contributed by atoms with Crippen LogP contribution in [-0.4, -0.2) is 4.98 Å². The smallest absolute Gasteiger partial charge is 0.253 e. The van der Waals surface area contributed by atoms with Gasteiger partial charge in [-0.3, -0.25) is 4.98 Å². The van der Waals surface area contributed by atoms with Crippen LogP contribution in [0.5, 0.6) is 0 Å². The zero-order valence-corrected chi connectivity index (χ0v) is 9.85. The molecule has 1 nitrogen and oxygen atoms in total. The van der Waals surface area contributed by atoms with Gasteiger partial charge in [-0.05, 0) is 25.1 Å². The van der Waals surface area contributed by atoms with Gasteiger partial charge in [-0.1, -0.05) is 22.0 Å². The summed E-state index contributed by atoms with van der Waals surface area (Å²) >= 11 is 3.30. The molecule has 1 heterocycles. The van der Waals surface area contributed by atoms with Crippen LogP contribution in [0.2, 0.25) is 0 Å². The molecule has 0 aliphatic rings. The summed E-state index contributed by atoms with van der Waals surface area (Å²) in [6.45, 7) is 1.74. The monoisotopic (exact) mass is 289 g/mol. The first-order valence-corrected chi connectivity index (χ1v) is 5.31. The summed E-state index contributed by atoms with van der Waals surface area (Å²) < 4.78 is 38.2. The van der Waals surface area contributed by atoms with Crippen molar-refractivity contribution in [3.8, 4) is 0 Å². The molecule has 16 heavy (non-hydrogen) atoms. The molecule has 0 spiro atoms. The molecule has 0 N–H and O–H groups in total. The number of pyridine rings is 1. The van der Waals surface area contributed by atoms with Gasteiger partial charge in [0.15, 0.2) is 0 Å². The van der Waals surface area contributed by atoms with Crippen molar-refractivity contribution in [2.45, 2.75) is 13.1 Å². The van der Waals surface area contributed by atoms with Crippen molar-refractivity contribution in [2.24, 2.45) is 0 Å². The van der Waals surface area contributed by atoms with Crippen molar-refractivity contribution in [2.75, 3.05) is 0 Å². The van der Waals surface area contributed by atoms with Crippen molar-refractivity contribution < 1.29 is 13.2 Å². The molecule has 0 fully saturated rings. The lowest BCUT2D eigenvalue weighted by molar-refractivity contribution is -0.137. The summed E-state index contributed by atoms with van der Waals surface area (Å²) in [4.78, 5) is 4.08. The van der Waals surface area contributed by atoms with Gasteiger partial charge in [-0.25, -0.2) is 0 Å². The summed E-state index contributed by atoms with van der Waals surface area (Å²) in [6, 6.07) is 5.32. The predicted octanol–water partition coefficient (Wildman–Crippen LogP) is 4.32. The van der Waals surface area contributed by atoms with Crippen LogP contribution in [0, 0.1) is 6.92 Å². The third-order valence-electron chi connectivity index (χ3n) is 2.21. The molecule has 0 saturated carbocycles. The van der Waals surface area contributed by atoms with E-state index in [1.54, 1.807) is 13.0 Å². The molecule has 0 amide bonds. The first kappa shape index (κ1) is 11.4. The summed E-state index contributed by atoms with van der Waals surface area (Å²) in [5.41, 5.74) is 0.352. The summed E-state index contributed by atoms with van der Waals surface area (Å²) in [7, 11) is 0. The normalized spacial score (nSPS) is 12.1. The van der Waals surface area contributed by atoms with E-state index in [0.717, 1.165) is 16.6 Å². The number of aryl methyl sites for hydroxylation is 1. The minimum atomic E-state index is -4.33. The lowest BCUT2D eigenvalue weighted by Gasteiger charge is -2.08. The van der Waals surface area contributed by atoms with E-state index in [9.17, 15) is 13.2 Å². The van der Waals surface area contributed by atoms with Gasteiger partial charge < -0.3 is 0 Å². The maximum Gasteiger partial charge on any atom is 0.416 e. The van der Waals surface area contributed by atoms with E-state index >= 15 is 0 Å². The lowest BCUT2D eigenvalue weighted by Crippen LogP contribution is -2.04. The molecular formula is C11H7BrF3N. The van der Waals surface area contributed by atoms with Crippen molar-refractivity contribution in [1.29, 1.82) is 0 Å². The summed E-state index contributed by atoms with van der Waals surface area (Å²) in [5, 5.41) is 0.679. The highest BCUT2D eigenvalue weighted by molar-refractivity contribution is 9.10. The highest BCUT2D eigenvalue weighted by atomic mass is 79.9. The number of hydrogen-bond acceptors (Lipinski definition) is 1. The van der Waals surface area contributed by atoms with Gasteiger partial charge in [0.25, 0.3) is 0 Å². The average Bonchev–Trinajstić information content (AvgIpc) is 2.15. The number of rotatable bonds is 0. The van der Waals surface area contributed by atoms with Crippen LogP contribution >= 0.6 is 15.9 Å². The Morgan fingerprint density at radius 3 is 2.50 bits per heavy atom. The molecule has 0 bridgehead atoms. The van der Waals surface area contributed by atoms with Gasteiger partial charge >= 0.3 is 6.18 Å². The van der Waals surface area contributed by atoms with Crippen LogP contribution in [0.4, 0.5) is 13.2 Å². The van der Waals surface area contributed by atoms with Crippen LogP contribution in [0.1, 0.15) is 11.3 Å². The molecule has 0 radical (unpaired) electrons. The fourth-order valence-electron chi connectivity index (χ4n) is 1.49. The third kappa shape index (κ3) is 2.04. The van der Waals surface area contributed by atoms with Crippen LogP contribution < -0.4 is 0 Å². The molecule has 0 aliphatic heterocycles. The molecular weight excluding hydrogens is 283 g/mol.